The zero-order valence-corrected chi connectivity index (χ0v) is 25.7. The normalized spacial score (nSPS) is 16.6. The topological polar surface area (TPSA) is 128 Å². The summed E-state index contributed by atoms with van der Waals surface area (Å²) in [5, 5.41) is 30.4. The summed E-state index contributed by atoms with van der Waals surface area (Å²) in [5.74, 6) is -1.86. The smallest absolute Gasteiger partial charge is 0.255 e. The van der Waals surface area contributed by atoms with E-state index in [0.717, 1.165) is 30.5 Å². The first-order chi connectivity index (χ1) is 20.5. The van der Waals surface area contributed by atoms with Crippen LogP contribution in [0, 0.1) is 17.7 Å². The summed E-state index contributed by atoms with van der Waals surface area (Å²) in [5.41, 5.74) is 0.790. The number of benzene rings is 2. The largest absolute Gasteiger partial charge is 0.507 e. The minimum Gasteiger partial charge on any atom is -0.507 e. The summed E-state index contributed by atoms with van der Waals surface area (Å²) in [7, 11) is 0. The van der Waals surface area contributed by atoms with Crippen molar-refractivity contribution in [2.24, 2.45) is 11.8 Å². The standard InChI is InChI=1S/C34H48FN3O5/c1-22(2)32(36-23(3)39)34(43)37-27(16-10-15-24-11-6-4-7-12-24)21-31(41)29(19-25-13-8-5-9-14-25)38-33(42)28-18-17-26(35)20-30(28)40/h5,8-9,13-14,17-18,20,22,24,27,29,31-32,40-41H,4,6-7,10-12,15-16,19,21H2,1-3H3,(H,36,39)(H,37,43)(H,38,42)/t27?,29?,31?,32-/m0/s1. The molecule has 4 atom stereocenters. The SMILES string of the molecule is CC(=O)N[C@H](C(=O)NC(CCCC1CCCCC1)CC(O)C(Cc1ccccc1)NC(=O)c1ccc(F)cc1O)C(C)C. The molecule has 3 amide bonds. The molecule has 0 bridgehead atoms. The zero-order chi connectivity index (χ0) is 31.4. The van der Waals surface area contributed by atoms with Crippen LogP contribution in [0.1, 0.15) is 94.5 Å². The van der Waals surface area contributed by atoms with Gasteiger partial charge in [-0.15, -0.1) is 0 Å². The van der Waals surface area contributed by atoms with Gasteiger partial charge in [0.15, 0.2) is 0 Å². The van der Waals surface area contributed by atoms with Gasteiger partial charge in [0, 0.05) is 19.0 Å². The lowest BCUT2D eigenvalue weighted by molar-refractivity contribution is -0.129. The average Bonchev–Trinajstić information content (AvgIpc) is 2.96. The highest BCUT2D eigenvalue weighted by Crippen LogP contribution is 2.28. The van der Waals surface area contributed by atoms with Crippen LogP contribution >= 0.6 is 0 Å². The van der Waals surface area contributed by atoms with Gasteiger partial charge < -0.3 is 26.2 Å². The van der Waals surface area contributed by atoms with Crippen LogP contribution in [0.2, 0.25) is 0 Å². The Morgan fingerprint density at radius 1 is 0.977 bits per heavy atom. The molecule has 0 heterocycles. The predicted molar refractivity (Wildman–Crippen MR) is 165 cm³/mol. The first kappa shape index (κ1) is 34.0. The van der Waals surface area contributed by atoms with Crippen molar-refractivity contribution in [1.82, 2.24) is 16.0 Å². The Balaban J connectivity index is 1.78. The third kappa shape index (κ3) is 11.3. The summed E-state index contributed by atoms with van der Waals surface area (Å²) in [6, 6.07) is 10.7. The molecule has 236 valence electrons. The van der Waals surface area contributed by atoms with E-state index in [1.165, 1.54) is 45.1 Å². The molecule has 0 saturated heterocycles. The second-order valence-corrected chi connectivity index (χ2v) is 12.3. The maximum Gasteiger partial charge on any atom is 0.255 e. The summed E-state index contributed by atoms with van der Waals surface area (Å²) in [6.07, 6.45) is 8.24. The monoisotopic (exact) mass is 597 g/mol. The Kier molecular flexibility index (Phi) is 13.4. The molecule has 43 heavy (non-hydrogen) atoms. The van der Waals surface area contributed by atoms with Crippen molar-refractivity contribution in [1.29, 1.82) is 0 Å². The number of hydrogen-bond acceptors (Lipinski definition) is 5. The maximum absolute atomic E-state index is 13.5. The lowest BCUT2D eigenvalue weighted by Crippen LogP contribution is -2.53. The van der Waals surface area contributed by atoms with Crippen LogP contribution in [0.4, 0.5) is 4.39 Å². The van der Waals surface area contributed by atoms with Gasteiger partial charge in [-0.2, -0.15) is 0 Å². The Labute approximate surface area is 254 Å². The van der Waals surface area contributed by atoms with Crippen molar-refractivity contribution in [2.75, 3.05) is 0 Å². The summed E-state index contributed by atoms with van der Waals surface area (Å²) in [4.78, 5) is 38.3. The molecule has 0 aromatic heterocycles. The number of carbonyl (C=O) groups is 3. The number of nitrogens with one attached hydrogen (secondary N) is 3. The molecule has 0 aliphatic heterocycles. The van der Waals surface area contributed by atoms with Crippen molar-refractivity contribution >= 4 is 17.7 Å². The lowest BCUT2D eigenvalue weighted by Gasteiger charge is -2.30. The average molecular weight is 598 g/mol. The maximum atomic E-state index is 13.5. The zero-order valence-electron chi connectivity index (χ0n) is 25.7. The van der Waals surface area contributed by atoms with Crippen LogP contribution in [-0.4, -0.2) is 52.2 Å². The predicted octanol–water partition coefficient (Wildman–Crippen LogP) is 5.02. The highest BCUT2D eigenvalue weighted by molar-refractivity contribution is 5.97. The molecule has 0 radical (unpaired) electrons. The third-order valence-electron chi connectivity index (χ3n) is 8.35. The molecule has 1 aliphatic rings. The van der Waals surface area contributed by atoms with E-state index in [-0.39, 0.29) is 29.7 Å². The summed E-state index contributed by atoms with van der Waals surface area (Å²) < 4.78 is 13.5. The Morgan fingerprint density at radius 2 is 1.67 bits per heavy atom. The number of aliphatic hydroxyl groups excluding tert-OH is 1. The minimum absolute atomic E-state index is 0.0981. The Hall–Kier alpha value is -3.46. The second-order valence-electron chi connectivity index (χ2n) is 12.3. The number of rotatable bonds is 15. The summed E-state index contributed by atoms with van der Waals surface area (Å²) >= 11 is 0. The van der Waals surface area contributed by atoms with Gasteiger partial charge in [0.1, 0.15) is 17.6 Å². The van der Waals surface area contributed by atoms with Crippen molar-refractivity contribution in [2.45, 2.75) is 109 Å². The van der Waals surface area contributed by atoms with Gasteiger partial charge in [0.25, 0.3) is 5.91 Å². The van der Waals surface area contributed by atoms with E-state index in [2.05, 4.69) is 16.0 Å². The van der Waals surface area contributed by atoms with E-state index in [1.807, 2.05) is 44.2 Å². The first-order valence-corrected chi connectivity index (χ1v) is 15.6. The van der Waals surface area contributed by atoms with Gasteiger partial charge >= 0.3 is 0 Å². The number of aromatic hydroxyl groups is 1. The fourth-order valence-electron chi connectivity index (χ4n) is 5.97. The van der Waals surface area contributed by atoms with E-state index in [0.29, 0.717) is 18.8 Å². The fraction of sp³-hybridized carbons (Fsp3) is 0.559. The van der Waals surface area contributed by atoms with Crippen LogP contribution in [0.25, 0.3) is 0 Å². The van der Waals surface area contributed by atoms with Crippen molar-refractivity contribution < 1.29 is 29.0 Å². The minimum atomic E-state index is -1.05. The molecular formula is C34H48FN3O5. The third-order valence-corrected chi connectivity index (χ3v) is 8.35. The lowest BCUT2D eigenvalue weighted by atomic mass is 9.85. The van der Waals surface area contributed by atoms with Crippen LogP contribution < -0.4 is 16.0 Å². The number of halogens is 1. The van der Waals surface area contributed by atoms with Gasteiger partial charge in [-0.1, -0.05) is 89.1 Å². The molecular weight excluding hydrogens is 549 g/mol. The molecule has 3 unspecified atom stereocenters. The van der Waals surface area contributed by atoms with Crippen LogP contribution in [0.5, 0.6) is 5.75 Å². The van der Waals surface area contributed by atoms with Gasteiger partial charge in [-0.25, -0.2) is 4.39 Å². The van der Waals surface area contributed by atoms with E-state index in [1.54, 1.807) is 0 Å². The van der Waals surface area contributed by atoms with Crippen LogP contribution in [-0.2, 0) is 16.0 Å². The molecule has 2 aromatic rings. The number of hydrogen-bond donors (Lipinski definition) is 5. The van der Waals surface area contributed by atoms with E-state index in [4.69, 9.17) is 0 Å². The first-order valence-electron chi connectivity index (χ1n) is 15.6. The van der Waals surface area contributed by atoms with Gasteiger partial charge in [-0.05, 0) is 48.8 Å². The van der Waals surface area contributed by atoms with E-state index >= 15 is 0 Å². The highest BCUT2D eigenvalue weighted by Gasteiger charge is 2.30. The number of carbonyl (C=O) groups excluding carboxylic acids is 3. The molecule has 1 saturated carbocycles. The molecule has 0 spiro atoms. The molecule has 1 aliphatic carbocycles. The van der Waals surface area contributed by atoms with Crippen LogP contribution in [0.3, 0.4) is 0 Å². The van der Waals surface area contributed by atoms with Gasteiger partial charge in [0.2, 0.25) is 11.8 Å². The van der Waals surface area contributed by atoms with Crippen molar-refractivity contribution in [3.63, 3.8) is 0 Å². The van der Waals surface area contributed by atoms with Crippen molar-refractivity contribution in [3.05, 3.63) is 65.5 Å². The van der Waals surface area contributed by atoms with Crippen molar-refractivity contribution in [3.8, 4) is 5.75 Å². The Bertz CT molecular complexity index is 1190. The summed E-state index contributed by atoms with van der Waals surface area (Å²) in [6.45, 7) is 5.11. The number of aliphatic hydroxyl groups is 1. The van der Waals surface area contributed by atoms with E-state index in [9.17, 15) is 29.0 Å². The number of phenols is 1. The molecule has 2 aromatic carbocycles. The van der Waals surface area contributed by atoms with Gasteiger partial charge in [-0.3, -0.25) is 14.4 Å². The number of phenolic OH excluding ortho intramolecular Hbond substituents is 1. The quantitative estimate of drug-likeness (QED) is 0.197. The fourth-order valence-corrected chi connectivity index (χ4v) is 5.97. The van der Waals surface area contributed by atoms with E-state index < -0.39 is 41.7 Å². The number of amides is 3. The molecule has 1 fully saturated rings. The second kappa shape index (κ2) is 17.0. The van der Waals surface area contributed by atoms with Gasteiger partial charge in [0.05, 0.1) is 17.7 Å². The molecule has 5 N–H and O–H groups in total. The van der Waals surface area contributed by atoms with Crippen LogP contribution in [0.15, 0.2) is 48.5 Å². The molecule has 9 heteroatoms. The Morgan fingerprint density at radius 3 is 2.30 bits per heavy atom. The highest BCUT2D eigenvalue weighted by atomic mass is 19.1. The molecule has 8 nitrogen and oxygen atoms in total. The molecule has 3 rings (SSSR count).